The van der Waals surface area contributed by atoms with Gasteiger partial charge in [-0.3, -0.25) is 25.3 Å². The summed E-state index contributed by atoms with van der Waals surface area (Å²) in [5.74, 6) is 0. The maximum atomic E-state index is 12.0. The Bertz CT molecular complexity index is 1190. The summed E-state index contributed by atoms with van der Waals surface area (Å²) in [7, 11) is -33.7. The average molecular weight is 637 g/mol. The van der Waals surface area contributed by atoms with Gasteiger partial charge in [0, 0.05) is 6.26 Å². The zero-order valence-electron chi connectivity index (χ0n) is 14.6. The molecule has 0 aromatic carbocycles. The van der Waals surface area contributed by atoms with Crippen molar-refractivity contribution in [3.63, 3.8) is 0 Å². The maximum Gasteiger partial charge on any atom is 0.480 e. The Morgan fingerprint density at radius 3 is 0.794 bits per heavy atom. The number of rotatable bonds is 5. The smallest absolute Gasteiger partial charge is 0.421 e. The van der Waals surface area contributed by atoms with Gasteiger partial charge in [0.1, 0.15) is 0 Å². The van der Waals surface area contributed by atoms with Crippen LogP contribution in [0, 0.1) is 3.91 Å². The summed E-state index contributed by atoms with van der Waals surface area (Å²) in [5, 5.41) is 0. The number of alkyl halides is 12. The van der Waals surface area contributed by atoms with Crippen molar-refractivity contribution in [2.75, 3.05) is 6.26 Å². The molecule has 0 radical (unpaired) electrons. The molecule has 0 amide bonds. The zero-order valence-corrected chi connectivity index (χ0v) is 18.7. The highest BCUT2D eigenvalue weighted by molar-refractivity contribution is 8.29. The van der Waals surface area contributed by atoms with Gasteiger partial charge in [0.05, 0.1) is 13.8 Å². The summed E-state index contributed by atoms with van der Waals surface area (Å²) in [4.78, 5) is 0. The Kier molecular flexibility index (Phi) is 9.68. The van der Waals surface area contributed by atoms with Crippen molar-refractivity contribution in [3.05, 3.63) is 8.04 Å². The lowest BCUT2D eigenvalue weighted by atomic mass is 11.5. The molecule has 11 nitrogen and oxygen atoms in total. The fourth-order valence-electron chi connectivity index (χ4n) is 0.946. The van der Waals surface area contributed by atoms with E-state index in [1.165, 1.54) is 0 Å². The summed E-state index contributed by atoms with van der Waals surface area (Å²) in [5.41, 5.74) is -25.5. The number of nitrogens with zero attached hydrogens (tertiary/aromatic N) is 1. The highest BCUT2D eigenvalue weighted by Gasteiger charge is 2.57. The molecule has 0 unspecified atom stereocenters. The van der Waals surface area contributed by atoms with Crippen molar-refractivity contribution >= 4 is 49.6 Å². The average Bonchev–Trinajstić information content (AvgIpc) is 2.38. The lowest BCUT2D eigenvalue weighted by molar-refractivity contribution is -0.0459. The molecule has 0 aromatic heterocycles. The first-order valence-corrected chi connectivity index (χ1v) is 13.9. The molecule has 0 saturated heterocycles. The standard InChI is InChI=1S/C4H3F6O6S3.C2F6NO4S2/c1-17(11,12)2(18(13,14)3(5,6)7)19(15,16)4(8,9)10;3-1(4,5)14(10,11)9-15(12,13)2(6,7)8/h1H3;/q2*-1. The van der Waals surface area contributed by atoms with E-state index in [1.807, 2.05) is 0 Å². The minimum absolute atomic E-state index is 0.408. The first kappa shape index (κ1) is 35.0. The SMILES string of the molecule is CS(=O)(=O)[C-](S(=O)(=O)C(F)(F)F)S(=O)(=O)C(F)(F)F.O=S(=O)([N-]S(=O)(=O)C(F)(F)F)C(F)(F)F. The van der Waals surface area contributed by atoms with Crippen molar-refractivity contribution in [2.45, 2.75) is 22.0 Å². The monoisotopic (exact) mass is 637 g/mol. The molecule has 0 rings (SSSR count). The number of hydrogen-bond acceptors (Lipinski definition) is 10. The van der Waals surface area contributed by atoms with E-state index in [0.29, 0.717) is 0 Å². The van der Waals surface area contributed by atoms with E-state index in [-0.39, 0.29) is 0 Å². The van der Waals surface area contributed by atoms with Gasteiger partial charge in [0.2, 0.25) is 0 Å². The van der Waals surface area contributed by atoms with Gasteiger partial charge in [-0.25, -0.2) is 16.8 Å². The lowest BCUT2D eigenvalue weighted by Crippen LogP contribution is -2.42. The molecule has 0 N–H and O–H groups in total. The first-order valence-electron chi connectivity index (χ1n) is 6.14. The Balaban J connectivity index is 0. The Labute approximate surface area is 181 Å². The topological polar surface area (TPSA) is 185 Å². The van der Waals surface area contributed by atoms with Crippen LogP contribution >= 0.6 is 0 Å². The van der Waals surface area contributed by atoms with Crippen LogP contribution in [0.25, 0.3) is 4.13 Å². The molecular formula is C6H3F12NO10S5-2. The third kappa shape index (κ3) is 7.95. The zero-order chi connectivity index (χ0) is 28.8. The minimum Gasteiger partial charge on any atom is -0.421 e. The van der Waals surface area contributed by atoms with Crippen LogP contribution in [0.3, 0.4) is 0 Å². The van der Waals surface area contributed by atoms with Crippen LogP contribution in [-0.2, 0) is 49.6 Å². The van der Waals surface area contributed by atoms with Crippen LogP contribution in [0.15, 0.2) is 0 Å². The Morgan fingerprint density at radius 2 is 0.676 bits per heavy atom. The fraction of sp³-hybridized carbons (Fsp3) is 0.833. The van der Waals surface area contributed by atoms with Crippen molar-refractivity contribution in [1.29, 1.82) is 0 Å². The Morgan fingerprint density at radius 1 is 0.471 bits per heavy atom. The van der Waals surface area contributed by atoms with Crippen molar-refractivity contribution < 1.29 is 94.8 Å². The predicted octanol–water partition coefficient (Wildman–Crippen LogP) is 1.41. The molecule has 0 aromatic rings. The van der Waals surface area contributed by atoms with E-state index in [4.69, 9.17) is 0 Å². The molecule has 0 bridgehead atoms. The van der Waals surface area contributed by atoms with Crippen LogP contribution in [0.2, 0.25) is 0 Å². The number of sulfone groups is 3. The lowest BCUT2D eigenvalue weighted by Gasteiger charge is -2.29. The van der Waals surface area contributed by atoms with Gasteiger partial charge in [0.25, 0.3) is 0 Å². The van der Waals surface area contributed by atoms with Crippen LogP contribution < -0.4 is 0 Å². The molecule has 0 heterocycles. The maximum absolute atomic E-state index is 12.0. The van der Waals surface area contributed by atoms with Crippen LogP contribution in [-0.4, -0.2) is 70.4 Å². The van der Waals surface area contributed by atoms with E-state index in [1.54, 1.807) is 0 Å². The highest BCUT2D eigenvalue weighted by Crippen LogP contribution is 2.43. The van der Waals surface area contributed by atoms with Gasteiger partial charge in [-0.05, 0) is 0 Å². The third-order valence-electron chi connectivity index (χ3n) is 2.13. The summed E-state index contributed by atoms with van der Waals surface area (Å²) in [6.45, 7) is 0. The first-order chi connectivity index (χ1) is 14.1. The second kappa shape index (κ2) is 9.39. The molecule has 0 aliphatic carbocycles. The van der Waals surface area contributed by atoms with E-state index < -0.39 is 81.8 Å². The number of hydrogen-bond donors (Lipinski definition) is 0. The largest absolute Gasteiger partial charge is 0.480 e. The number of halogens is 12. The third-order valence-corrected chi connectivity index (χ3v) is 12.0. The molecule has 0 saturated carbocycles. The predicted molar refractivity (Wildman–Crippen MR) is 81.3 cm³/mol. The van der Waals surface area contributed by atoms with Crippen LogP contribution in [0.4, 0.5) is 52.7 Å². The fourth-order valence-corrected chi connectivity index (χ4v) is 8.51. The highest BCUT2D eigenvalue weighted by atomic mass is 32.3. The van der Waals surface area contributed by atoms with E-state index >= 15 is 0 Å². The van der Waals surface area contributed by atoms with Gasteiger partial charge < -0.3 is 4.13 Å². The minimum atomic E-state index is -7.22. The molecule has 0 aliphatic rings. The molecule has 0 spiro atoms. The number of sulfonamides is 2. The molecule has 0 aliphatic heterocycles. The van der Waals surface area contributed by atoms with Crippen molar-refractivity contribution in [2.24, 2.45) is 0 Å². The molecule has 28 heteroatoms. The van der Waals surface area contributed by atoms with Crippen molar-refractivity contribution in [1.82, 2.24) is 0 Å². The van der Waals surface area contributed by atoms with E-state index in [0.717, 1.165) is 4.13 Å². The molecule has 34 heavy (non-hydrogen) atoms. The molecule has 0 atom stereocenters. The van der Waals surface area contributed by atoms with Crippen LogP contribution in [0.5, 0.6) is 0 Å². The van der Waals surface area contributed by atoms with Gasteiger partial charge in [0.15, 0.2) is 39.7 Å². The second-order valence-electron chi connectivity index (χ2n) is 4.84. The molecule has 0 fully saturated rings. The Hall–Kier alpha value is -1.13. The molecular weight excluding hydrogens is 634 g/mol. The summed E-state index contributed by atoms with van der Waals surface area (Å²) in [6.07, 6.45) is -0.408. The van der Waals surface area contributed by atoms with E-state index in [9.17, 15) is 94.8 Å². The van der Waals surface area contributed by atoms with Gasteiger partial charge >= 0.3 is 22.0 Å². The van der Waals surface area contributed by atoms with Gasteiger partial charge in [-0.15, -0.1) is 0 Å². The molecule has 208 valence electrons. The van der Waals surface area contributed by atoms with Gasteiger partial charge in [-0.2, -0.15) is 52.7 Å². The second-order valence-corrected chi connectivity index (χ2v) is 14.7. The summed E-state index contributed by atoms with van der Waals surface area (Å²) < 4.78 is 242. The normalized spacial score (nSPS) is 15.6. The van der Waals surface area contributed by atoms with E-state index in [2.05, 4.69) is 0 Å². The van der Waals surface area contributed by atoms with Crippen molar-refractivity contribution in [3.8, 4) is 0 Å². The van der Waals surface area contributed by atoms with Crippen LogP contribution in [0.1, 0.15) is 0 Å². The summed E-state index contributed by atoms with van der Waals surface area (Å²) in [6, 6.07) is 0. The summed E-state index contributed by atoms with van der Waals surface area (Å²) >= 11 is 0. The van der Waals surface area contributed by atoms with Gasteiger partial charge in [-0.1, -0.05) is 0 Å². The quantitative estimate of drug-likeness (QED) is 0.315.